The molecule has 0 bridgehead atoms. The van der Waals surface area contributed by atoms with Gasteiger partial charge in [-0.2, -0.15) is 0 Å². The van der Waals surface area contributed by atoms with Crippen molar-refractivity contribution < 1.29 is 18.9 Å². The van der Waals surface area contributed by atoms with Crippen molar-refractivity contribution in [2.45, 2.75) is 13.0 Å². The highest BCUT2D eigenvalue weighted by Crippen LogP contribution is 2.30. The summed E-state index contributed by atoms with van der Waals surface area (Å²) in [5.41, 5.74) is 0. The molecule has 1 unspecified atom stereocenters. The quantitative estimate of drug-likeness (QED) is 0.474. The van der Waals surface area contributed by atoms with Crippen molar-refractivity contribution in [1.29, 1.82) is 0 Å². The van der Waals surface area contributed by atoms with E-state index in [4.69, 9.17) is 22.5 Å². The smallest absolute Gasteiger partial charge is 0.395 e. The lowest BCUT2D eigenvalue weighted by molar-refractivity contribution is -0.169. The molecule has 7 heteroatoms. The Balaban J connectivity index is 2.65. The standard InChI is InChI=1S/C12H11ClNO4P/c1-3-8-17-12(15)9(2)14-19(16)18-11-7-5-4-6-10(11)13/h1,4-7,9H,8H2,2H3/t9-/m0/s1. The van der Waals surface area contributed by atoms with Crippen LogP contribution in [0.2, 0.25) is 5.02 Å². The first-order chi connectivity index (χ1) is 9.04. The summed E-state index contributed by atoms with van der Waals surface area (Å²) in [6.07, 6.45) is 4.94. The van der Waals surface area contributed by atoms with E-state index in [1.807, 2.05) is 0 Å². The fourth-order valence-corrected chi connectivity index (χ4v) is 2.03. The summed E-state index contributed by atoms with van der Waals surface area (Å²) in [6.45, 7) is 1.28. The van der Waals surface area contributed by atoms with Gasteiger partial charge in [0.2, 0.25) is 5.75 Å². The molecule has 0 radical (unpaired) electrons. The van der Waals surface area contributed by atoms with Gasteiger partial charge in [0.15, 0.2) is 12.6 Å². The number of hydrogen-bond acceptors (Lipinski definition) is 5. The van der Waals surface area contributed by atoms with Gasteiger partial charge in [0.05, 0.1) is 5.02 Å². The Bertz CT molecular complexity index is 527. The molecule has 1 aromatic rings. The van der Waals surface area contributed by atoms with Crippen LogP contribution in [0.1, 0.15) is 6.92 Å². The van der Waals surface area contributed by atoms with Gasteiger partial charge in [-0.3, -0.25) is 4.52 Å². The molecule has 0 aromatic heterocycles. The summed E-state index contributed by atoms with van der Waals surface area (Å²) < 4.78 is 13.3. The zero-order valence-corrected chi connectivity index (χ0v) is 11.7. The first-order valence-corrected chi connectivity index (χ1v) is 6.76. The Hall–Kier alpha value is -1.60. The number of terminal acetylenes is 1. The highest BCUT2D eigenvalue weighted by atomic mass is 35.5. The minimum absolute atomic E-state index is 0.152. The van der Waals surface area contributed by atoms with E-state index >= 15 is 0 Å². The molecular weight excluding hydrogens is 289 g/mol. The molecule has 2 atom stereocenters. The maximum absolute atomic E-state index is 11.6. The Morgan fingerprint density at radius 3 is 2.95 bits per heavy atom. The van der Waals surface area contributed by atoms with Gasteiger partial charge in [-0.1, -0.05) is 34.4 Å². The molecular formula is C12H11ClNO4P. The predicted molar refractivity (Wildman–Crippen MR) is 70.7 cm³/mol. The molecule has 0 saturated heterocycles. The van der Waals surface area contributed by atoms with Crippen molar-refractivity contribution >= 4 is 25.7 Å². The SMILES string of the molecule is C#CCOC(=O)[C@H](C)N=[P+]([O-])Oc1ccccc1Cl. The number of benzene rings is 1. The van der Waals surface area contributed by atoms with Crippen molar-refractivity contribution in [3.05, 3.63) is 29.3 Å². The topological polar surface area (TPSA) is 71.0 Å². The number of para-hydroxylation sites is 1. The van der Waals surface area contributed by atoms with E-state index in [2.05, 4.69) is 15.4 Å². The van der Waals surface area contributed by atoms with Crippen LogP contribution in [0.3, 0.4) is 0 Å². The van der Waals surface area contributed by atoms with E-state index < -0.39 is 20.2 Å². The second kappa shape index (κ2) is 7.75. The molecule has 5 nitrogen and oxygen atoms in total. The summed E-state index contributed by atoms with van der Waals surface area (Å²) in [5, 5.41) is 0.309. The molecule has 1 aromatic carbocycles. The fourth-order valence-electron chi connectivity index (χ4n) is 1.05. The lowest BCUT2D eigenvalue weighted by atomic mass is 10.3. The van der Waals surface area contributed by atoms with E-state index in [9.17, 15) is 9.69 Å². The van der Waals surface area contributed by atoms with E-state index in [0.717, 1.165) is 0 Å². The van der Waals surface area contributed by atoms with Gasteiger partial charge in [-0.25, -0.2) is 4.79 Å². The van der Waals surface area contributed by atoms with Gasteiger partial charge in [0, 0.05) is 0 Å². The van der Waals surface area contributed by atoms with Gasteiger partial charge in [0.25, 0.3) is 0 Å². The minimum Gasteiger partial charge on any atom is -0.575 e. The lowest BCUT2D eigenvalue weighted by Gasteiger charge is -2.04. The van der Waals surface area contributed by atoms with Crippen LogP contribution in [-0.2, 0) is 9.53 Å². The van der Waals surface area contributed by atoms with Gasteiger partial charge in [-0.05, 0) is 19.1 Å². The largest absolute Gasteiger partial charge is 0.575 e. The second-order valence-corrected chi connectivity index (χ2v) is 4.66. The van der Waals surface area contributed by atoms with Crippen LogP contribution in [0.5, 0.6) is 5.75 Å². The number of rotatable bonds is 5. The maximum Gasteiger partial charge on any atom is 0.395 e. The third-order valence-electron chi connectivity index (χ3n) is 1.92. The number of carbonyl (C=O) groups is 1. The first-order valence-electron chi connectivity index (χ1n) is 5.25. The summed E-state index contributed by atoms with van der Waals surface area (Å²) in [4.78, 5) is 22.9. The number of ether oxygens (including phenoxy) is 1. The van der Waals surface area contributed by atoms with Crippen LogP contribution in [0.4, 0.5) is 0 Å². The zero-order valence-electron chi connectivity index (χ0n) is 10.1. The molecule has 100 valence electrons. The molecule has 0 aliphatic heterocycles. The maximum atomic E-state index is 11.6. The van der Waals surface area contributed by atoms with Crippen molar-refractivity contribution in [3.63, 3.8) is 0 Å². The molecule has 0 spiro atoms. The predicted octanol–water partition coefficient (Wildman–Crippen LogP) is 2.14. The summed E-state index contributed by atoms with van der Waals surface area (Å²) in [7, 11) is -2.42. The Morgan fingerprint density at radius 2 is 2.32 bits per heavy atom. The van der Waals surface area contributed by atoms with Crippen LogP contribution < -0.4 is 9.42 Å². The first kappa shape index (κ1) is 15.5. The van der Waals surface area contributed by atoms with E-state index in [1.165, 1.54) is 6.92 Å². The van der Waals surface area contributed by atoms with E-state index in [-0.39, 0.29) is 12.4 Å². The fraction of sp³-hybridized carbons (Fsp3) is 0.250. The number of halogens is 1. The summed E-state index contributed by atoms with van der Waals surface area (Å²) in [5.74, 6) is 1.72. The minimum atomic E-state index is -2.42. The van der Waals surface area contributed by atoms with Gasteiger partial charge in [-0.15, -0.1) is 6.42 Å². The van der Waals surface area contributed by atoms with Crippen LogP contribution in [-0.4, -0.2) is 18.6 Å². The molecule has 0 heterocycles. The monoisotopic (exact) mass is 299 g/mol. The van der Waals surface area contributed by atoms with Crippen molar-refractivity contribution in [2.75, 3.05) is 6.61 Å². The normalized spacial score (nSPS) is 12.4. The third-order valence-corrected chi connectivity index (χ3v) is 3.12. The van der Waals surface area contributed by atoms with Crippen LogP contribution in [0.25, 0.3) is 0 Å². The number of carbonyl (C=O) groups excluding carboxylic acids is 1. The van der Waals surface area contributed by atoms with Gasteiger partial charge >= 0.3 is 14.1 Å². The van der Waals surface area contributed by atoms with Crippen molar-refractivity contribution in [2.24, 2.45) is 4.74 Å². The highest BCUT2D eigenvalue weighted by molar-refractivity contribution is 7.34. The molecule has 0 aliphatic carbocycles. The Labute approximate surface area is 117 Å². The molecule has 19 heavy (non-hydrogen) atoms. The van der Waals surface area contributed by atoms with Crippen molar-refractivity contribution in [3.8, 4) is 18.1 Å². The highest BCUT2D eigenvalue weighted by Gasteiger charge is 2.18. The van der Waals surface area contributed by atoms with Crippen LogP contribution in [0, 0.1) is 12.3 Å². The molecule has 0 fully saturated rings. The molecule has 1 rings (SSSR count). The Kier molecular flexibility index (Phi) is 6.31. The lowest BCUT2D eigenvalue weighted by Crippen LogP contribution is -2.18. The second-order valence-electron chi connectivity index (χ2n) is 3.36. The van der Waals surface area contributed by atoms with E-state index in [0.29, 0.717) is 5.02 Å². The molecule has 0 amide bonds. The van der Waals surface area contributed by atoms with Gasteiger partial charge < -0.3 is 9.63 Å². The third kappa shape index (κ3) is 5.27. The Morgan fingerprint density at radius 1 is 1.63 bits per heavy atom. The van der Waals surface area contributed by atoms with Crippen LogP contribution >= 0.6 is 19.8 Å². The summed E-state index contributed by atoms with van der Waals surface area (Å²) in [6, 6.07) is 5.59. The molecule has 0 N–H and O–H groups in total. The number of esters is 1. The van der Waals surface area contributed by atoms with Crippen molar-refractivity contribution in [1.82, 2.24) is 0 Å². The average Bonchev–Trinajstić information content (AvgIpc) is 2.38. The van der Waals surface area contributed by atoms with Gasteiger partial charge in [0.1, 0.15) is 0 Å². The zero-order chi connectivity index (χ0) is 14.3. The average molecular weight is 300 g/mol. The summed E-state index contributed by atoms with van der Waals surface area (Å²) >= 11 is 5.83. The number of nitrogens with zero attached hydrogens (tertiary/aromatic N) is 1. The molecule has 0 aliphatic rings. The number of hydrogen-bond donors (Lipinski definition) is 0. The molecule has 0 saturated carbocycles. The van der Waals surface area contributed by atoms with Crippen LogP contribution in [0.15, 0.2) is 29.0 Å². The van der Waals surface area contributed by atoms with E-state index in [1.54, 1.807) is 24.3 Å².